The molecule has 0 aromatic rings. The van der Waals surface area contributed by atoms with Crippen molar-refractivity contribution in [1.82, 2.24) is 0 Å². The van der Waals surface area contributed by atoms with E-state index in [2.05, 4.69) is 11.1 Å². The normalized spacial score (nSPS) is 11.3. The van der Waals surface area contributed by atoms with E-state index in [1.165, 1.54) is 44.9 Å². The monoisotopic (exact) mass is 318 g/mol. The summed E-state index contributed by atoms with van der Waals surface area (Å²) in [5, 5.41) is 0. The predicted molar refractivity (Wildman–Crippen MR) is 79.5 cm³/mol. The molecular formula is C14H31NaO4S. The fourth-order valence-electron chi connectivity index (χ4n) is 1.93. The maximum Gasteiger partial charge on any atom is 1.00 e. The van der Waals surface area contributed by atoms with Gasteiger partial charge in [0, 0.05) is 0 Å². The molecule has 0 atom stereocenters. The summed E-state index contributed by atoms with van der Waals surface area (Å²) in [6, 6.07) is 0. The second-order valence-corrected chi connectivity index (χ2v) is 6.11. The first-order valence-electron chi connectivity index (χ1n) is 7.66. The van der Waals surface area contributed by atoms with Gasteiger partial charge in [-0.1, -0.05) is 64.7 Å². The van der Waals surface area contributed by atoms with Crippen molar-refractivity contribution in [3.05, 3.63) is 0 Å². The number of hydrogen-bond acceptors (Lipinski definition) is 4. The van der Waals surface area contributed by atoms with Gasteiger partial charge in [0.15, 0.2) is 0 Å². The quantitative estimate of drug-likeness (QED) is 0.358. The Morgan fingerprint density at radius 2 is 1.20 bits per heavy atom. The van der Waals surface area contributed by atoms with Crippen molar-refractivity contribution in [3.63, 3.8) is 0 Å². The summed E-state index contributed by atoms with van der Waals surface area (Å²) in [5.74, 6) is 0. The molecule has 0 unspecified atom stereocenters. The van der Waals surface area contributed by atoms with Gasteiger partial charge in [-0.15, -0.1) is 0 Å². The molecule has 0 aromatic carbocycles. The van der Waals surface area contributed by atoms with E-state index >= 15 is 0 Å². The Morgan fingerprint density at radius 3 is 1.65 bits per heavy atom. The van der Waals surface area contributed by atoms with Gasteiger partial charge in [0.05, 0.1) is 13.2 Å². The minimum absolute atomic E-state index is 0. The van der Waals surface area contributed by atoms with Crippen LogP contribution in [0.2, 0.25) is 0 Å². The first-order chi connectivity index (χ1) is 9.12. The molecule has 0 N–H and O–H groups in total. The Balaban J connectivity index is -0.00000162. The third-order valence-electron chi connectivity index (χ3n) is 2.99. The van der Waals surface area contributed by atoms with Crippen LogP contribution in [-0.2, 0) is 18.8 Å². The zero-order valence-corrected chi connectivity index (χ0v) is 16.3. The van der Waals surface area contributed by atoms with Gasteiger partial charge in [-0.25, -0.2) is 8.37 Å². The Bertz CT molecular complexity index is 287. The van der Waals surface area contributed by atoms with Crippen LogP contribution in [0.15, 0.2) is 0 Å². The number of rotatable bonds is 14. The van der Waals surface area contributed by atoms with Crippen LogP contribution in [-0.4, -0.2) is 21.6 Å². The molecule has 0 aliphatic carbocycles. The molecule has 118 valence electrons. The summed E-state index contributed by atoms with van der Waals surface area (Å²) in [6.07, 6.45) is 12.2. The van der Waals surface area contributed by atoms with Gasteiger partial charge >= 0.3 is 40.0 Å². The van der Waals surface area contributed by atoms with Crippen LogP contribution in [0.5, 0.6) is 0 Å². The third kappa shape index (κ3) is 16.9. The Labute approximate surface area is 149 Å². The molecule has 0 saturated carbocycles. The average Bonchev–Trinajstić information content (AvgIpc) is 2.36. The average molecular weight is 318 g/mol. The van der Waals surface area contributed by atoms with Crippen LogP contribution in [0.3, 0.4) is 0 Å². The van der Waals surface area contributed by atoms with Gasteiger partial charge in [-0.3, -0.25) is 0 Å². The molecule has 0 amide bonds. The number of unbranched alkanes of at least 4 members (excludes halogenated alkanes) is 9. The third-order valence-corrected chi connectivity index (χ3v) is 3.97. The van der Waals surface area contributed by atoms with Crippen LogP contribution >= 0.6 is 0 Å². The van der Waals surface area contributed by atoms with Gasteiger partial charge in [0.2, 0.25) is 0 Å². The molecule has 0 radical (unpaired) electrons. The molecule has 6 heteroatoms. The second kappa shape index (κ2) is 16.2. The largest absolute Gasteiger partial charge is 1.00 e. The van der Waals surface area contributed by atoms with E-state index in [1.54, 1.807) is 6.92 Å². The summed E-state index contributed by atoms with van der Waals surface area (Å²) in [4.78, 5) is 0. The molecule has 0 spiro atoms. The van der Waals surface area contributed by atoms with Gasteiger partial charge < -0.3 is 1.43 Å². The van der Waals surface area contributed by atoms with Crippen molar-refractivity contribution < 1.29 is 47.8 Å². The van der Waals surface area contributed by atoms with Crippen molar-refractivity contribution in [2.45, 2.75) is 78.1 Å². The Morgan fingerprint density at radius 1 is 0.750 bits per heavy atom. The maximum absolute atomic E-state index is 11.0. The molecule has 0 rings (SSSR count). The van der Waals surface area contributed by atoms with Crippen LogP contribution in [0.4, 0.5) is 0 Å². The van der Waals surface area contributed by atoms with E-state index in [1.807, 2.05) is 0 Å². The fourth-order valence-corrected chi connectivity index (χ4v) is 2.61. The fraction of sp³-hybridized carbons (Fsp3) is 1.00. The van der Waals surface area contributed by atoms with Crippen molar-refractivity contribution >= 4 is 10.4 Å². The molecule has 0 heterocycles. The Kier molecular flexibility index (Phi) is 18.8. The first kappa shape index (κ1) is 23.1. The van der Waals surface area contributed by atoms with Crippen LogP contribution < -0.4 is 29.6 Å². The molecule has 0 bridgehead atoms. The van der Waals surface area contributed by atoms with Gasteiger partial charge in [0.25, 0.3) is 0 Å². The van der Waals surface area contributed by atoms with Crippen LogP contribution in [0, 0.1) is 0 Å². The topological polar surface area (TPSA) is 52.6 Å². The van der Waals surface area contributed by atoms with Crippen molar-refractivity contribution in [1.29, 1.82) is 0 Å². The predicted octanol–water partition coefficient (Wildman–Crippen LogP) is 1.32. The summed E-state index contributed by atoms with van der Waals surface area (Å²) < 4.78 is 31.3. The van der Waals surface area contributed by atoms with E-state index in [4.69, 9.17) is 4.18 Å². The summed E-state index contributed by atoms with van der Waals surface area (Å²) in [7, 11) is -3.74. The van der Waals surface area contributed by atoms with Gasteiger partial charge in [-0.2, -0.15) is 8.42 Å². The second-order valence-electron chi connectivity index (χ2n) is 4.82. The molecule has 0 aliphatic heterocycles. The van der Waals surface area contributed by atoms with Crippen molar-refractivity contribution in [2.75, 3.05) is 13.2 Å². The van der Waals surface area contributed by atoms with E-state index in [-0.39, 0.29) is 44.2 Å². The Hall–Kier alpha value is 0.870. The summed E-state index contributed by atoms with van der Waals surface area (Å²) in [6.45, 7) is 4.22. The summed E-state index contributed by atoms with van der Waals surface area (Å²) >= 11 is 0. The van der Waals surface area contributed by atoms with Crippen LogP contribution in [0.1, 0.15) is 79.5 Å². The first-order valence-corrected chi connectivity index (χ1v) is 8.99. The van der Waals surface area contributed by atoms with E-state index in [0.29, 0.717) is 0 Å². The zero-order chi connectivity index (χ0) is 14.4. The minimum Gasteiger partial charge on any atom is -1.00 e. The zero-order valence-electron chi connectivity index (χ0n) is 14.5. The molecule has 20 heavy (non-hydrogen) atoms. The van der Waals surface area contributed by atoms with Crippen molar-refractivity contribution in [2.24, 2.45) is 0 Å². The molecule has 4 nitrogen and oxygen atoms in total. The van der Waals surface area contributed by atoms with Crippen molar-refractivity contribution in [3.8, 4) is 0 Å². The SMILES string of the molecule is CCCCCCCCCCCCOS(=O)(=O)OCC.[H-].[Na+]. The maximum atomic E-state index is 11.0. The van der Waals surface area contributed by atoms with Crippen LogP contribution in [0.25, 0.3) is 0 Å². The molecule has 0 aliphatic rings. The molecule has 0 aromatic heterocycles. The summed E-state index contributed by atoms with van der Waals surface area (Å²) in [5.41, 5.74) is 0. The molecule has 0 saturated heterocycles. The molecule has 0 fully saturated rings. The standard InChI is InChI=1S/C14H30O4S.Na.H/c1-3-5-6-7-8-9-10-11-12-13-14-18-19(15,16)17-4-2;;/h3-14H2,1-2H3;;/q;+1;-1. The molecular weight excluding hydrogens is 287 g/mol. The van der Waals surface area contributed by atoms with Gasteiger partial charge in [-0.05, 0) is 13.3 Å². The van der Waals surface area contributed by atoms with E-state index in [0.717, 1.165) is 19.3 Å². The number of hydrogen-bond donors (Lipinski definition) is 0. The smallest absolute Gasteiger partial charge is 1.00 e. The van der Waals surface area contributed by atoms with E-state index in [9.17, 15) is 8.42 Å². The van der Waals surface area contributed by atoms with Gasteiger partial charge in [0.1, 0.15) is 0 Å². The van der Waals surface area contributed by atoms with E-state index < -0.39 is 10.4 Å². The minimum atomic E-state index is -3.74.